The highest BCUT2D eigenvalue weighted by Gasteiger charge is 2.53. The number of benzene rings is 2. The number of nitrogens with one attached hydrogen (secondary N) is 1. The fourth-order valence-corrected chi connectivity index (χ4v) is 6.82. The van der Waals surface area contributed by atoms with Crippen molar-refractivity contribution in [2.45, 2.75) is 22.3 Å². The third-order valence-corrected chi connectivity index (χ3v) is 8.87. The summed E-state index contributed by atoms with van der Waals surface area (Å²) in [5, 5.41) is 3.59. The molecular formula is C22H17NO4S3. The molecule has 152 valence electrons. The van der Waals surface area contributed by atoms with Gasteiger partial charge in [-0.1, -0.05) is 42.0 Å². The van der Waals surface area contributed by atoms with Gasteiger partial charge in [0.1, 0.15) is 0 Å². The van der Waals surface area contributed by atoms with Gasteiger partial charge in [0.2, 0.25) is 5.78 Å². The van der Waals surface area contributed by atoms with E-state index in [4.69, 9.17) is 0 Å². The Morgan fingerprint density at radius 3 is 2.47 bits per heavy atom. The first kappa shape index (κ1) is 20.7. The van der Waals surface area contributed by atoms with E-state index in [1.54, 1.807) is 42.5 Å². The molecule has 2 amide bonds. The SMILES string of the molecule is Cc1ccc(S(=O)C2(Cc3cccc(C(=O)c4cccs4)c3)SC(=O)NC2=O)cc1. The Kier molecular flexibility index (Phi) is 5.73. The van der Waals surface area contributed by atoms with Crippen LogP contribution in [0.3, 0.4) is 0 Å². The number of ketones is 1. The lowest BCUT2D eigenvalue weighted by Gasteiger charge is -2.24. The number of carbonyl (C=O) groups is 3. The number of imide groups is 1. The molecule has 1 aromatic heterocycles. The molecule has 5 nitrogen and oxygen atoms in total. The van der Waals surface area contributed by atoms with Gasteiger partial charge < -0.3 is 0 Å². The molecule has 1 saturated heterocycles. The quantitative estimate of drug-likeness (QED) is 0.560. The fourth-order valence-electron chi connectivity index (χ4n) is 3.21. The van der Waals surface area contributed by atoms with Crippen molar-refractivity contribution in [2.75, 3.05) is 0 Å². The predicted molar refractivity (Wildman–Crippen MR) is 119 cm³/mol. The molecule has 2 heterocycles. The number of aryl methyl sites for hydroxylation is 1. The summed E-state index contributed by atoms with van der Waals surface area (Å²) in [5.41, 5.74) is 2.15. The molecule has 0 spiro atoms. The van der Waals surface area contributed by atoms with Crippen LogP contribution in [0.1, 0.15) is 26.4 Å². The van der Waals surface area contributed by atoms with E-state index in [1.807, 2.05) is 30.5 Å². The second-order valence-corrected chi connectivity index (χ2v) is 11.0. The van der Waals surface area contributed by atoms with Crippen LogP contribution in [-0.2, 0) is 22.0 Å². The Morgan fingerprint density at radius 1 is 1.07 bits per heavy atom. The first-order valence-electron chi connectivity index (χ1n) is 9.09. The number of thioether (sulfide) groups is 1. The van der Waals surface area contributed by atoms with Crippen LogP contribution in [0.5, 0.6) is 0 Å². The van der Waals surface area contributed by atoms with Gasteiger partial charge in [-0.05, 0) is 53.9 Å². The Labute approximate surface area is 184 Å². The maximum Gasteiger partial charge on any atom is 0.287 e. The van der Waals surface area contributed by atoms with E-state index in [-0.39, 0.29) is 12.2 Å². The number of hydrogen-bond acceptors (Lipinski definition) is 6. The van der Waals surface area contributed by atoms with E-state index in [0.29, 0.717) is 20.9 Å². The molecular weight excluding hydrogens is 438 g/mol. The molecule has 1 fully saturated rings. The first-order valence-corrected chi connectivity index (χ1v) is 11.9. The molecule has 4 rings (SSSR count). The molecule has 3 aromatic rings. The number of hydrogen-bond donors (Lipinski definition) is 1. The van der Waals surface area contributed by atoms with Crippen LogP contribution in [-0.4, -0.2) is 25.2 Å². The summed E-state index contributed by atoms with van der Waals surface area (Å²) in [7, 11) is -1.78. The molecule has 2 atom stereocenters. The van der Waals surface area contributed by atoms with Crippen LogP contribution >= 0.6 is 23.1 Å². The van der Waals surface area contributed by atoms with E-state index in [9.17, 15) is 18.6 Å². The molecule has 1 N–H and O–H groups in total. The van der Waals surface area contributed by atoms with Gasteiger partial charge >= 0.3 is 0 Å². The van der Waals surface area contributed by atoms with Crippen molar-refractivity contribution in [2.24, 2.45) is 0 Å². The monoisotopic (exact) mass is 455 g/mol. The topological polar surface area (TPSA) is 80.3 Å². The largest absolute Gasteiger partial charge is 0.288 e. The Bertz CT molecular complexity index is 1160. The van der Waals surface area contributed by atoms with E-state index >= 15 is 0 Å². The van der Waals surface area contributed by atoms with Crippen molar-refractivity contribution < 1.29 is 18.6 Å². The summed E-state index contributed by atoms with van der Waals surface area (Å²) in [5.74, 6) is -0.688. The molecule has 1 aliphatic rings. The van der Waals surface area contributed by atoms with Crippen LogP contribution in [0.4, 0.5) is 4.79 Å². The summed E-state index contributed by atoms with van der Waals surface area (Å²) in [6.45, 7) is 1.92. The molecule has 30 heavy (non-hydrogen) atoms. The minimum atomic E-state index is -1.78. The first-order chi connectivity index (χ1) is 14.4. The molecule has 2 unspecified atom stereocenters. The van der Waals surface area contributed by atoms with Gasteiger partial charge in [0.05, 0.1) is 15.7 Å². The van der Waals surface area contributed by atoms with Gasteiger partial charge in [0, 0.05) is 16.9 Å². The third-order valence-electron chi connectivity index (χ3n) is 4.72. The molecule has 0 saturated carbocycles. The molecule has 0 aliphatic carbocycles. The van der Waals surface area contributed by atoms with E-state index in [0.717, 1.165) is 17.3 Å². The van der Waals surface area contributed by atoms with Crippen LogP contribution in [0, 0.1) is 6.92 Å². The molecule has 0 bridgehead atoms. The standard InChI is InChI=1S/C22H17NO4S3/c1-14-7-9-17(10-8-14)30(27)22(20(25)23-21(26)29-22)13-15-4-2-5-16(12-15)19(24)18-6-3-11-28-18/h2-12H,13H2,1H3,(H,23,25,26). The summed E-state index contributed by atoms with van der Waals surface area (Å²) < 4.78 is 12.0. The summed E-state index contributed by atoms with van der Waals surface area (Å²) in [4.78, 5) is 38.6. The maximum atomic E-state index is 13.5. The Balaban J connectivity index is 1.70. The molecule has 8 heteroatoms. The zero-order valence-corrected chi connectivity index (χ0v) is 18.4. The lowest BCUT2D eigenvalue weighted by molar-refractivity contribution is -0.119. The minimum Gasteiger partial charge on any atom is -0.288 e. The summed E-state index contributed by atoms with van der Waals surface area (Å²) >= 11 is 2.11. The highest BCUT2D eigenvalue weighted by molar-refractivity contribution is 8.24. The number of thiophene rings is 1. The zero-order chi connectivity index (χ0) is 21.3. The second kappa shape index (κ2) is 8.29. The molecule has 1 aliphatic heterocycles. The normalized spacial score (nSPS) is 19.5. The highest BCUT2D eigenvalue weighted by atomic mass is 32.2. The van der Waals surface area contributed by atoms with Gasteiger partial charge in [0.15, 0.2) is 4.08 Å². The summed E-state index contributed by atoms with van der Waals surface area (Å²) in [6, 6.07) is 17.5. The lowest BCUT2D eigenvalue weighted by atomic mass is 10.0. The maximum absolute atomic E-state index is 13.5. The smallest absolute Gasteiger partial charge is 0.287 e. The van der Waals surface area contributed by atoms with Crippen LogP contribution < -0.4 is 5.32 Å². The fraction of sp³-hybridized carbons (Fsp3) is 0.136. The van der Waals surface area contributed by atoms with Gasteiger partial charge in [0.25, 0.3) is 11.1 Å². The average Bonchev–Trinajstić information content (AvgIpc) is 3.36. The van der Waals surface area contributed by atoms with E-state index in [2.05, 4.69) is 5.32 Å². The van der Waals surface area contributed by atoms with Crippen LogP contribution in [0.15, 0.2) is 70.9 Å². The minimum absolute atomic E-state index is 0.0568. The molecule has 2 aromatic carbocycles. The zero-order valence-electron chi connectivity index (χ0n) is 15.9. The highest BCUT2D eigenvalue weighted by Crippen LogP contribution is 2.41. The Hall–Kier alpha value is -2.55. The van der Waals surface area contributed by atoms with Crippen molar-refractivity contribution in [3.8, 4) is 0 Å². The van der Waals surface area contributed by atoms with Gasteiger partial charge in [-0.2, -0.15) is 0 Å². The van der Waals surface area contributed by atoms with Crippen molar-refractivity contribution in [1.29, 1.82) is 0 Å². The lowest BCUT2D eigenvalue weighted by Crippen LogP contribution is -2.42. The van der Waals surface area contributed by atoms with Crippen molar-refractivity contribution >= 4 is 50.8 Å². The van der Waals surface area contributed by atoms with Crippen molar-refractivity contribution in [1.82, 2.24) is 5.32 Å². The number of amides is 2. The van der Waals surface area contributed by atoms with Gasteiger partial charge in [-0.3, -0.25) is 23.9 Å². The van der Waals surface area contributed by atoms with Crippen LogP contribution in [0.2, 0.25) is 0 Å². The van der Waals surface area contributed by atoms with Crippen molar-refractivity contribution in [3.05, 3.63) is 87.6 Å². The van der Waals surface area contributed by atoms with Crippen LogP contribution in [0.25, 0.3) is 0 Å². The van der Waals surface area contributed by atoms with Crippen molar-refractivity contribution in [3.63, 3.8) is 0 Å². The van der Waals surface area contributed by atoms with E-state index < -0.39 is 26.0 Å². The third kappa shape index (κ3) is 3.90. The van der Waals surface area contributed by atoms with Gasteiger partial charge in [-0.15, -0.1) is 11.3 Å². The number of carbonyl (C=O) groups excluding carboxylic acids is 3. The molecule has 0 radical (unpaired) electrons. The second-order valence-electron chi connectivity index (χ2n) is 6.86. The Morgan fingerprint density at radius 2 is 1.83 bits per heavy atom. The number of rotatable bonds is 6. The average molecular weight is 456 g/mol. The van der Waals surface area contributed by atoms with Gasteiger partial charge in [-0.25, -0.2) is 0 Å². The predicted octanol–water partition coefficient (Wildman–Crippen LogP) is 4.32. The van der Waals surface area contributed by atoms with E-state index in [1.165, 1.54) is 11.3 Å². The summed E-state index contributed by atoms with van der Waals surface area (Å²) in [6.07, 6.45) is 0.0568.